The van der Waals surface area contributed by atoms with Gasteiger partial charge in [0, 0.05) is 23.0 Å². The van der Waals surface area contributed by atoms with Gasteiger partial charge in [0.1, 0.15) is 5.76 Å². The zero-order chi connectivity index (χ0) is 18.0. The lowest BCUT2D eigenvalue weighted by atomic mass is 10.1. The van der Waals surface area contributed by atoms with E-state index >= 15 is 0 Å². The van der Waals surface area contributed by atoms with Crippen LogP contribution >= 0.6 is 0 Å². The Bertz CT molecular complexity index is 908. The largest absolute Gasteiger partial charge is 0.493 e. The number of methoxy groups -OCH3 is 1. The second-order valence-electron chi connectivity index (χ2n) is 5.78. The van der Waals surface area contributed by atoms with E-state index in [1.165, 1.54) is 0 Å². The number of aromatic nitrogens is 2. The molecule has 0 bridgehead atoms. The fraction of sp³-hybridized carbons (Fsp3) is 0.263. The molecule has 6 heteroatoms. The normalized spacial score (nSPS) is 10.7. The number of benzene rings is 1. The molecule has 0 saturated carbocycles. The van der Waals surface area contributed by atoms with Crippen molar-refractivity contribution in [1.82, 2.24) is 9.72 Å². The van der Waals surface area contributed by atoms with Gasteiger partial charge in [-0.25, -0.2) is 0 Å². The number of hydrogen-bond acceptors (Lipinski definition) is 5. The standard InChI is InChI=1S/C19H20N2O4/c1-12-9-15(14(3)21(12)19-10-13(2)25-20-19)16(22)11-24-18-8-6-5-7-17(18)23-4/h5-10H,11H2,1-4H3. The van der Waals surface area contributed by atoms with Crippen LogP contribution in [0.25, 0.3) is 5.82 Å². The lowest BCUT2D eigenvalue weighted by Crippen LogP contribution is -2.13. The Labute approximate surface area is 146 Å². The SMILES string of the molecule is COc1ccccc1OCC(=O)c1cc(C)n(-c2cc(C)on2)c1C. The smallest absolute Gasteiger partial charge is 0.202 e. The van der Waals surface area contributed by atoms with E-state index < -0.39 is 0 Å². The molecule has 0 aliphatic carbocycles. The molecule has 0 aliphatic heterocycles. The van der Waals surface area contributed by atoms with Crippen molar-refractivity contribution in [2.75, 3.05) is 13.7 Å². The average molecular weight is 340 g/mol. The summed E-state index contributed by atoms with van der Waals surface area (Å²) in [6.07, 6.45) is 0. The van der Waals surface area contributed by atoms with Gasteiger partial charge in [0.05, 0.1) is 7.11 Å². The molecule has 0 aliphatic rings. The summed E-state index contributed by atoms with van der Waals surface area (Å²) >= 11 is 0. The van der Waals surface area contributed by atoms with E-state index in [0.29, 0.717) is 22.9 Å². The third kappa shape index (κ3) is 3.28. The van der Waals surface area contributed by atoms with Crippen molar-refractivity contribution in [3.63, 3.8) is 0 Å². The Hall–Kier alpha value is -3.02. The monoisotopic (exact) mass is 340 g/mol. The fourth-order valence-electron chi connectivity index (χ4n) is 2.82. The Balaban J connectivity index is 1.81. The van der Waals surface area contributed by atoms with Gasteiger partial charge in [-0.15, -0.1) is 0 Å². The van der Waals surface area contributed by atoms with Crippen LogP contribution in [0.15, 0.2) is 40.9 Å². The molecule has 3 aromatic rings. The topological polar surface area (TPSA) is 66.5 Å². The molecule has 0 unspecified atom stereocenters. The minimum atomic E-state index is -0.106. The van der Waals surface area contributed by atoms with E-state index in [-0.39, 0.29) is 12.4 Å². The summed E-state index contributed by atoms with van der Waals surface area (Å²) in [5.74, 6) is 2.41. The van der Waals surface area contributed by atoms with Gasteiger partial charge in [0.25, 0.3) is 0 Å². The van der Waals surface area contributed by atoms with Crippen LogP contribution in [-0.4, -0.2) is 29.2 Å². The van der Waals surface area contributed by atoms with Crippen LogP contribution < -0.4 is 9.47 Å². The van der Waals surface area contributed by atoms with Gasteiger partial charge in [0.15, 0.2) is 23.9 Å². The molecule has 0 amide bonds. The summed E-state index contributed by atoms with van der Waals surface area (Å²) in [6.45, 7) is 5.57. The number of ether oxygens (including phenoxy) is 2. The van der Waals surface area contributed by atoms with Gasteiger partial charge in [-0.2, -0.15) is 0 Å². The van der Waals surface area contributed by atoms with Crippen molar-refractivity contribution in [1.29, 1.82) is 0 Å². The predicted molar refractivity (Wildman–Crippen MR) is 92.9 cm³/mol. The number of hydrogen-bond donors (Lipinski definition) is 0. The van der Waals surface area contributed by atoms with Gasteiger partial charge in [-0.1, -0.05) is 17.3 Å². The van der Waals surface area contributed by atoms with E-state index in [2.05, 4.69) is 5.16 Å². The molecule has 0 saturated heterocycles. The maximum atomic E-state index is 12.6. The molecule has 2 aromatic heterocycles. The second-order valence-corrected chi connectivity index (χ2v) is 5.78. The lowest BCUT2D eigenvalue weighted by molar-refractivity contribution is 0.0919. The maximum absolute atomic E-state index is 12.6. The van der Waals surface area contributed by atoms with Crippen molar-refractivity contribution in [2.24, 2.45) is 0 Å². The second kappa shape index (κ2) is 6.84. The summed E-state index contributed by atoms with van der Waals surface area (Å²) in [7, 11) is 1.57. The highest BCUT2D eigenvalue weighted by atomic mass is 16.5. The van der Waals surface area contributed by atoms with E-state index in [1.807, 2.05) is 49.6 Å². The summed E-state index contributed by atoms with van der Waals surface area (Å²) in [5.41, 5.74) is 2.32. The van der Waals surface area contributed by atoms with E-state index in [9.17, 15) is 4.79 Å². The molecule has 0 N–H and O–H groups in total. The van der Waals surface area contributed by atoms with Crippen LogP contribution in [0.4, 0.5) is 0 Å². The minimum absolute atomic E-state index is 0.0670. The Morgan fingerprint density at radius 2 is 1.88 bits per heavy atom. The number of carbonyl (C=O) groups is 1. The molecule has 2 heterocycles. The molecule has 3 rings (SSSR count). The molecular weight excluding hydrogens is 320 g/mol. The zero-order valence-electron chi connectivity index (χ0n) is 14.7. The van der Waals surface area contributed by atoms with Crippen LogP contribution in [0.3, 0.4) is 0 Å². The Kier molecular flexibility index (Phi) is 4.61. The zero-order valence-corrected chi connectivity index (χ0v) is 14.7. The molecule has 0 spiro atoms. The molecule has 0 fully saturated rings. The van der Waals surface area contributed by atoms with Crippen molar-refractivity contribution < 1.29 is 18.8 Å². The van der Waals surface area contributed by atoms with E-state index in [1.54, 1.807) is 19.2 Å². The predicted octanol–water partition coefficient (Wildman–Crippen LogP) is 3.66. The molecule has 0 atom stereocenters. The van der Waals surface area contributed by atoms with Crippen LogP contribution in [0, 0.1) is 20.8 Å². The van der Waals surface area contributed by atoms with E-state index in [4.69, 9.17) is 14.0 Å². The summed E-state index contributed by atoms with van der Waals surface area (Å²) < 4.78 is 17.9. The quantitative estimate of drug-likeness (QED) is 0.641. The third-order valence-electron chi connectivity index (χ3n) is 4.00. The average Bonchev–Trinajstić information content (AvgIpc) is 3.15. The molecule has 1 aromatic carbocycles. The Morgan fingerprint density at radius 1 is 1.16 bits per heavy atom. The van der Waals surface area contributed by atoms with Gasteiger partial charge >= 0.3 is 0 Å². The van der Waals surface area contributed by atoms with Crippen LogP contribution in [0.2, 0.25) is 0 Å². The Morgan fingerprint density at radius 3 is 2.52 bits per heavy atom. The van der Waals surface area contributed by atoms with Crippen LogP contribution in [0.5, 0.6) is 11.5 Å². The molecule has 0 radical (unpaired) electrons. The number of para-hydroxylation sites is 2. The van der Waals surface area contributed by atoms with Gasteiger partial charge < -0.3 is 14.0 Å². The highest BCUT2D eigenvalue weighted by Crippen LogP contribution is 2.26. The van der Waals surface area contributed by atoms with Crippen LogP contribution in [-0.2, 0) is 0 Å². The van der Waals surface area contributed by atoms with E-state index in [0.717, 1.165) is 17.1 Å². The van der Waals surface area contributed by atoms with Gasteiger partial charge in [0.2, 0.25) is 5.78 Å². The number of Topliss-reactive ketones (excluding diaryl/α,β-unsaturated/α-hetero) is 1. The highest BCUT2D eigenvalue weighted by Gasteiger charge is 2.19. The number of aryl methyl sites for hydroxylation is 2. The molecule has 130 valence electrons. The number of nitrogens with zero attached hydrogens (tertiary/aromatic N) is 2. The first-order valence-electron chi connectivity index (χ1n) is 7.93. The van der Waals surface area contributed by atoms with Crippen molar-refractivity contribution >= 4 is 5.78 Å². The number of rotatable bonds is 6. The van der Waals surface area contributed by atoms with Crippen molar-refractivity contribution in [3.05, 3.63) is 59.1 Å². The van der Waals surface area contributed by atoms with Gasteiger partial charge in [-0.05, 0) is 39.0 Å². The minimum Gasteiger partial charge on any atom is -0.493 e. The first kappa shape index (κ1) is 16.8. The summed E-state index contributed by atoms with van der Waals surface area (Å²) in [6, 6.07) is 10.9. The molecule has 6 nitrogen and oxygen atoms in total. The maximum Gasteiger partial charge on any atom is 0.202 e. The lowest BCUT2D eigenvalue weighted by Gasteiger charge is -2.10. The number of ketones is 1. The molecular formula is C19H20N2O4. The summed E-state index contributed by atoms with van der Waals surface area (Å²) in [4.78, 5) is 12.6. The van der Waals surface area contributed by atoms with Crippen LogP contribution in [0.1, 0.15) is 27.5 Å². The fourth-order valence-corrected chi connectivity index (χ4v) is 2.82. The third-order valence-corrected chi connectivity index (χ3v) is 4.00. The summed E-state index contributed by atoms with van der Waals surface area (Å²) in [5, 5.41) is 4.03. The first-order valence-corrected chi connectivity index (χ1v) is 7.93. The molecule has 25 heavy (non-hydrogen) atoms. The van der Waals surface area contributed by atoms with Crippen molar-refractivity contribution in [3.8, 4) is 17.3 Å². The number of carbonyl (C=O) groups excluding carboxylic acids is 1. The van der Waals surface area contributed by atoms with Gasteiger partial charge in [-0.3, -0.25) is 9.36 Å². The first-order chi connectivity index (χ1) is 12.0. The highest BCUT2D eigenvalue weighted by molar-refractivity contribution is 5.98. The van der Waals surface area contributed by atoms with Crippen molar-refractivity contribution in [2.45, 2.75) is 20.8 Å².